The SMILES string of the molecule is CNCc1ccc(S(=O)(=O)NCC2CCC2)s1. The zero-order chi connectivity index (χ0) is 12.3. The Labute approximate surface area is 106 Å². The van der Waals surface area contributed by atoms with Gasteiger partial charge in [-0.05, 0) is 37.9 Å². The van der Waals surface area contributed by atoms with Crippen LogP contribution in [0.3, 0.4) is 0 Å². The van der Waals surface area contributed by atoms with E-state index in [1.807, 2.05) is 13.1 Å². The lowest BCUT2D eigenvalue weighted by Crippen LogP contribution is -2.31. The van der Waals surface area contributed by atoms with Crippen LogP contribution in [-0.4, -0.2) is 22.0 Å². The summed E-state index contributed by atoms with van der Waals surface area (Å²) in [6.07, 6.45) is 3.54. The molecular formula is C11H18N2O2S2. The Morgan fingerprint density at radius 3 is 2.76 bits per heavy atom. The van der Waals surface area contributed by atoms with Gasteiger partial charge in [0.2, 0.25) is 10.0 Å². The van der Waals surface area contributed by atoms with E-state index in [-0.39, 0.29) is 0 Å². The quantitative estimate of drug-likeness (QED) is 0.827. The second-order valence-electron chi connectivity index (χ2n) is 4.40. The van der Waals surface area contributed by atoms with Crippen LogP contribution in [-0.2, 0) is 16.6 Å². The highest BCUT2D eigenvalue weighted by molar-refractivity contribution is 7.91. The van der Waals surface area contributed by atoms with Crippen LogP contribution >= 0.6 is 11.3 Å². The Kier molecular flexibility index (Phi) is 4.19. The summed E-state index contributed by atoms with van der Waals surface area (Å²) >= 11 is 1.33. The molecule has 0 saturated heterocycles. The van der Waals surface area contributed by atoms with Crippen LogP contribution in [0.4, 0.5) is 0 Å². The third kappa shape index (κ3) is 3.28. The molecule has 17 heavy (non-hydrogen) atoms. The van der Waals surface area contributed by atoms with Crippen molar-refractivity contribution < 1.29 is 8.42 Å². The molecular weight excluding hydrogens is 256 g/mol. The van der Waals surface area contributed by atoms with Gasteiger partial charge in [0, 0.05) is 18.0 Å². The van der Waals surface area contributed by atoms with Gasteiger partial charge in [0.1, 0.15) is 4.21 Å². The van der Waals surface area contributed by atoms with Gasteiger partial charge in [-0.15, -0.1) is 11.3 Å². The van der Waals surface area contributed by atoms with Gasteiger partial charge in [0.25, 0.3) is 0 Å². The minimum absolute atomic E-state index is 0.419. The van der Waals surface area contributed by atoms with E-state index in [1.165, 1.54) is 17.8 Å². The van der Waals surface area contributed by atoms with Crippen LogP contribution in [0.25, 0.3) is 0 Å². The molecule has 1 aliphatic rings. The maximum absolute atomic E-state index is 12.0. The fourth-order valence-electron chi connectivity index (χ4n) is 1.77. The molecule has 0 atom stereocenters. The lowest BCUT2D eigenvalue weighted by atomic mass is 9.86. The third-order valence-corrected chi connectivity index (χ3v) is 6.04. The lowest BCUT2D eigenvalue weighted by molar-refractivity contribution is 0.316. The molecule has 0 unspecified atom stereocenters. The highest BCUT2D eigenvalue weighted by Gasteiger charge is 2.22. The van der Waals surface area contributed by atoms with Crippen molar-refractivity contribution in [3.8, 4) is 0 Å². The van der Waals surface area contributed by atoms with Gasteiger partial charge in [0.05, 0.1) is 0 Å². The molecule has 0 aromatic carbocycles. The summed E-state index contributed by atoms with van der Waals surface area (Å²) in [5, 5.41) is 3.01. The number of hydrogen-bond acceptors (Lipinski definition) is 4. The highest BCUT2D eigenvalue weighted by atomic mass is 32.2. The number of nitrogens with one attached hydrogen (secondary N) is 2. The summed E-state index contributed by atoms with van der Waals surface area (Å²) in [4.78, 5) is 1.04. The Hall–Kier alpha value is -0.430. The second kappa shape index (κ2) is 5.48. The van der Waals surface area contributed by atoms with Gasteiger partial charge in [-0.25, -0.2) is 13.1 Å². The molecule has 0 spiro atoms. The van der Waals surface area contributed by atoms with Gasteiger partial charge in [-0.1, -0.05) is 6.42 Å². The summed E-state index contributed by atoms with van der Waals surface area (Å²) in [7, 11) is -1.44. The van der Waals surface area contributed by atoms with Gasteiger partial charge >= 0.3 is 0 Å². The Morgan fingerprint density at radius 1 is 1.41 bits per heavy atom. The van der Waals surface area contributed by atoms with E-state index in [1.54, 1.807) is 6.07 Å². The summed E-state index contributed by atoms with van der Waals surface area (Å²) in [5.41, 5.74) is 0. The molecule has 0 amide bonds. The van der Waals surface area contributed by atoms with E-state index >= 15 is 0 Å². The normalized spacial score (nSPS) is 17.0. The van der Waals surface area contributed by atoms with Crippen molar-refractivity contribution >= 4 is 21.4 Å². The molecule has 0 bridgehead atoms. The molecule has 2 rings (SSSR count). The van der Waals surface area contributed by atoms with E-state index in [4.69, 9.17) is 0 Å². The van der Waals surface area contributed by atoms with Gasteiger partial charge in [-0.2, -0.15) is 0 Å². The van der Waals surface area contributed by atoms with Crippen LogP contribution in [0.5, 0.6) is 0 Å². The van der Waals surface area contributed by atoms with Crippen molar-refractivity contribution in [2.24, 2.45) is 5.92 Å². The zero-order valence-electron chi connectivity index (χ0n) is 9.90. The van der Waals surface area contributed by atoms with Crippen molar-refractivity contribution in [2.45, 2.75) is 30.0 Å². The Bertz CT molecular complexity index is 464. The van der Waals surface area contributed by atoms with Crippen molar-refractivity contribution in [2.75, 3.05) is 13.6 Å². The molecule has 1 aromatic heterocycles. The third-order valence-electron chi connectivity index (χ3n) is 3.04. The summed E-state index contributed by atoms with van der Waals surface area (Å²) in [6.45, 7) is 1.30. The Balaban J connectivity index is 1.97. The molecule has 2 N–H and O–H groups in total. The molecule has 1 heterocycles. The lowest BCUT2D eigenvalue weighted by Gasteiger charge is -2.25. The average molecular weight is 274 g/mol. The van der Waals surface area contributed by atoms with Crippen LogP contribution in [0.1, 0.15) is 24.1 Å². The first kappa shape index (κ1) is 13.0. The smallest absolute Gasteiger partial charge is 0.250 e. The van der Waals surface area contributed by atoms with Crippen LogP contribution in [0.2, 0.25) is 0 Å². The average Bonchev–Trinajstić information content (AvgIpc) is 2.65. The standard InChI is InChI=1S/C11H18N2O2S2/c1-12-8-10-5-6-11(16-10)17(14,15)13-7-9-3-2-4-9/h5-6,9,12-13H,2-4,7-8H2,1H3. The molecule has 1 aliphatic carbocycles. The summed E-state index contributed by atoms with van der Waals surface area (Å²) < 4.78 is 27.1. The van der Waals surface area contributed by atoms with E-state index in [9.17, 15) is 8.42 Å². The van der Waals surface area contributed by atoms with Gasteiger partial charge in [-0.3, -0.25) is 0 Å². The Morgan fingerprint density at radius 2 is 2.18 bits per heavy atom. The fourth-order valence-corrected chi connectivity index (χ4v) is 4.30. The monoisotopic (exact) mass is 274 g/mol. The molecule has 1 aromatic rings. The maximum Gasteiger partial charge on any atom is 0.250 e. The zero-order valence-corrected chi connectivity index (χ0v) is 11.5. The molecule has 0 radical (unpaired) electrons. The summed E-state index contributed by atoms with van der Waals surface area (Å²) in [5.74, 6) is 0.543. The molecule has 1 fully saturated rings. The minimum atomic E-state index is -3.29. The van der Waals surface area contributed by atoms with E-state index in [0.29, 0.717) is 23.2 Å². The first-order valence-corrected chi connectivity index (χ1v) is 8.15. The van der Waals surface area contributed by atoms with Gasteiger partial charge < -0.3 is 5.32 Å². The molecule has 6 heteroatoms. The van der Waals surface area contributed by atoms with Gasteiger partial charge in [0.15, 0.2) is 0 Å². The van der Waals surface area contributed by atoms with Crippen molar-refractivity contribution in [3.05, 3.63) is 17.0 Å². The highest BCUT2D eigenvalue weighted by Crippen LogP contribution is 2.26. The molecule has 1 saturated carbocycles. The predicted octanol–water partition coefficient (Wildman–Crippen LogP) is 1.55. The van der Waals surface area contributed by atoms with Crippen LogP contribution < -0.4 is 10.0 Å². The molecule has 4 nitrogen and oxygen atoms in total. The number of thiophene rings is 1. The number of rotatable bonds is 6. The second-order valence-corrected chi connectivity index (χ2v) is 7.56. The molecule has 96 valence electrons. The first-order chi connectivity index (χ1) is 8.12. The van der Waals surface area contributed by atoms with E-state index < -0.39 is 10.0 Å². The number of sulfonamides is 1. The fraction of sp³-hybridized carbons (Fsp3) is 0.636. The summed E-state index contributed by atoms with van der Waals surface area (Å²) in [6, 6.07) is 3.54. The van der Waals surface area contributed by atoms with E-state index in [2.05, 4.69) is 10.0 Å². The largest absolute Gasteiger partial charge is 0.315 e. The number of hydrogen-bond donors (Lipinski definition) is 2. The van der Waals surface area contributed by atoms with E-state index in [0.717, 1.165) is 17.7 Å². The topological polar surface area (TPSA) is 58.2 Å². The maximum atomic E-state index is 12.0. The minimum Gasteiger partial charge on any atom is -0.315 e. The van der Waals surface area contributed by atoms with Crippen LogP contribution in [0.15, 0.2) is 16.3 Å². The molecule has 0 aliphatic heterocycles. The predicted molar refractivity (Wildman–Crippen MR) is 69.6 cm³/mol. The first-order valence-electron chi connectivity index (χ1n) is 5.85. The van der Waals surface area contributed by atoms with Crippen LogP contribution in [0, 0.1) is 5.92 Å². The van der Waals surface area contributed by atoms with Crippen molar-refractivity contribution in [1.29, 1.82) is 0 Å². The van der Waals surface area contributed by atoms with Crippen molar-refractivity contribution in [3.63, 3.8) is 0 Å². The van der Waals surface area contributed by atoms with Crippen molar-refractivity contribution in [1.82, 2.24) is 10.0 Å².